The number of carbonyl (C=O) groups excluding carboxylic acids is 2. The highest BCUT2D eigenvalue weighted by Crippen LogP contribution is 2.35. The second-order valence-corrected chi connectivity index (χ2v) is 9.73. The summed E-state index contributed by atoms with van der Waals surface area (Å²) < 4.78 is 44.3. The molecule has 0 saturated heterocycles. The largest absolute Gasteiger partial charge is 0.453 e. The van der Waals surface area contributed by atoms with Gasteiger partial charge in [-0.2, -0.15) is 4.90 Å². The highest BCUT2D eigenvalue weighted by atomic mass is 127. The van der Waals surface area contributed by atoms with Crippen LogP contribution in [0.2, 0.25) is 0 Å². The number of imide groups is 1. The first-order chi connectivity index (χ1) is 14.6. The highest BCUT2D eigenvalue weighted by Gasteiger charge is 2.35. The van der Waals surface area contributed by atoms with E-state index in [9.17, 15) is 18.4 Å². The van der Waals surface area contributed by atoms with Gasteiger partial charge in [-0.05, 0) is 64.1 Å². The second-order valence-electron chi connectivity index (χ2n) is 8.65. The Morgan fingerprint density at radius 3 is 2.00 bits per heavy atom. The first kappa shape index (κ1) is 25.6. The number of carbonyl (C=O) groups is 2. The van der Waals surface area contributed by atoms with Crippen molar-refractivity contribution < 1.29 is 32.6 Å². The number of amides is 2. The summed E-state index contributed by atoms with van der Waals surface area (Å²) in [5.41, 5.74) is 3.15. The van der Waals surface area contributed by atoms with Gasteiger partial charge in [-0.25, -0.2) is 23.4 Å². The number of hydrogen-bond donors (Lipinski definition) is 1. The van der Waals surface area contributed by atoms with Gasteiger partial charge in [-0.15, -0.1) is 0 Å². The van der Waals surface area contributed by atoms with E-state index in [4.69, 9.17) is 19.9 Å². The smallest absolute Gasteiger partial charge is 0.425 e. The molecule has 2 rings (SSSR count). The van der Waals surface area contributed by atoms with Gasteiger partial charge in [0, 0.05) is 24.4 Å². The van der Waals surface area contributed by atoms with E-state index in [1.807, 2.05) is 0 Å². The number of halogens is 3. The molecule has 0 saturated carbocycles. The van der Waals surface area contributed by atoms with Crippen molar-refractivity contribution in [2.45, 2.75) is 52.7 Å². The van der Waals surface area contributed by atoms with Gasteiger partial charge in [0.1, 0.15) is 22.8 Å². The number of pyridine rings is 1. The van der Waals surface area contributed by atoms with Gasteiger partial charge in [-0.3, -0.25) is 0 Å². The fourth-order valence-electron chi connectivity index (χ4n) is 2.25. The van der Waals surface area contributed by atoms with Crippen LogP contribution in [0.5, 0.6) is 11.5 Å². The zero-order valence-corrected chi connectivity index (χ0v) is 20.6. The van der Waals surface area contributed by atoms with Crippen LogP contribution in [0.1, 0.15) is 41.5 Å². The molecule has 0 aliphatic carbocycles. The van der Waals surface area contributed by atoms with Gasteiger partial charge in [0.2, 0.25) is 0 Å². The molecule has 2 aromatic rings. The third-order valence-electron chi connectivity index (χ3n) is 3.47. The summed E-state index contributed by atoms with van der Waals surface area (Å²) in [5, 5.41) is 0. The number of nitrogen functional groups attached to an aromatic ring is 1. The quantitative estimate of drug-likeness (QED) is 0.360. The van der Waals surface area contributed by atoms with Gasteiger partial charge >= 0.3 is 12.2 Å². The maximum atomic E-state index is 14.2. The number of nitrogens with zero attached hydrogens (tertiary/aromatic N) is 2. The maximum Gasteiger partial charge on any atom is 0.425 e. The Morgan fingerprint density at radius 1 is 0.969 bits per heavy atom. The Labute approximate surface area is 198 Å². The van der Waals surface area contributed by atoms with Crippen LogP contribution < -0.4 is 15.4 Å². The molecule has 0 bridgehead atoms. The minimum absolute atomic E-state index is 0.00999. The molecule has 1 aromatic carbocycles. The third-order valence-corrected chi connectivity index (χ3v) is 4.48. The first-order valence-electron chi connectivity index (χ1n) is 9.42. The van der Waals surface area contributed by atoms with Crippen LogP contribution in [0.4, 0.5) is 29.9 Å². The number of ether oxygens (including phenoxy) is 3. The number of nitrogens with two attached hydrogens (primary N) is 1. The van der Waals surface area contributed by atoms with Gasteiger partial charge in [-0.1, -0.05) is 0 Å². The monoisotopic (exact) mass is 563 g/mol. The molecule has 1 aromatic heterocycles. The van der Waals surface area contributed by atoms with E-state index in [1.54, 1.807) is 64.1 Å². The summed E-state index contributed by atoms with van der Waals surface area (Å²) in [6.07, 6.45) is -0.821. The highest BCUT2D eigenvalue weighted by molar-refractivity contribution is 14.1. The molecule has 11 heteroatoms. The normalized spacial score (nSPS) is 11.7. The van der Waals surface area contributed by atoms with Crippen LogP contribution in [0.3, 0.4) is 0 Å². The maximum absolute atomic E-state index is 14.2. The molecule has 174 valence electrons. The van der Waals surface area contributed by atoms with E-state index < -0.39 is 40.8 Å². The summed E-state index contributed by atoms with van der Waals surface area (Å²) in [6.45, 7) is 9.80. The number of rotatable bonds is 3. The fourth-order valence-corrected chi connectivity index (χ4v) is 2.92. The minimum atomic E-state index is -1.03. The Kier molecular flexibility index (Phi) is 7.53. The van der Waals surface area contributed by atoms with Crippen LogP contribution in [-0.2, 0) is 9.47 Å². The molecule has 0 aliphatic heterocycles. The van der Waals surface area contributed by atoms with Crippen LogP contribution >= 0.6 is 22.6 Å². The molecule has 0 fully saturated rings. The van der Waals surface area contributed by atoms with E-state index in [2.05, 4.69) is 4.98 Å². The molecule has 0 radical (unpaired) electrons. The van der Waals surface area contributed by atoms with Crippen molar-refractivity contribution >= 4 is 46.3 Å². The Bertz CT molecular complexity index is 1010. The molecule has 2 N–H and O–H groups in total. The summed E-state index contributed by atoms with van der Waals surface area (Å²) in [4.78, 5) is 30.4. The van der Waals surface area contributed by atoms with Crippen molar-refractivity contribution in [2.75, 3.05) is 10.6 Å². The van der Waals surface area contributed by atoms with Gasteiger partial charge in [0.05, 0.1) is 9.26 Å². The number of anilines is 2. The van der Waals surface area contributed by atoms with Gasteiger partial charge < -0.3 is 19.9 Å². The second kappa shape index (κ2) is 9.43. The summed E-state index contributed by atoms with van der Waals surface area (Å²) in [6, 6.07) is 2.94. The van der Waals surface area contributed by atoms with Gasteiger partial charge in [0.25, 0.3) is 0 Å². The lowest BCUT2D eigenvalue weighted by atomic mass is 10.2. The topological polar surface area (TPSA) is 104 Å². The van der Waals surface area contributed by atoms with Crippen LogP contribution in [0.25, 0.3) is 0 Å². The van der Waals surface area contributed by atoms with E-state index in [0.29, 0.717) is 4.90 Å². The standard InChI is InChI=1S/C21H24F2IN3O5/c1-20(2,3)31-18(28)27(19(29)32-21(4,5)6)17-16(24)14(7-8-26-17)30-15-10-11(22)13(25)9-12(15)23/h7-10H,25H2,1-6H3. The Morgan fingerprint density at radius 2 is 1.50 bits per heavy atom. The van der Waals surface area contributed by atoms with Crippen molar-refractivity contribution in [1.29, 1.82) is 0 Å². The van der Waals surface area contributed by atoms with E-state index in [1.165, 1.54) is 12.3 Å². The third kappa shape index (κ3) is 6.65. The Balaban J connectivity index is 2.51. The average molecular weight is 563 g/mol. The van der Waals surface area contributed by atoms with E-state index in [0.717, 1.165) is 12.1 Å². The molecule has 0 unspecified atom stereocenters. The van der Waals surface area contributed by atoms with Crippen molar-refractivity contribution in [3.8, 4) is 11.5 Å². The molecule has 2 amide bonds. The summed E-state index contributed by atoms with van der Waals surface area (Å²) in [5.74, 6) is -2.35. The van der Waals surface area contributed by atoms with Crippen molar-refractivity contribution in [2.24, 2.45) is 0 Å². The van der Waals surface area contributed by atoms with Crippen LogP contribution in [0.15, 0.2) is 24.4 Å². The molecular weight excluding hydrogens is 539 g/mol. The molecule has 1 heterocycles. The molecule has 0 atom stereocenters. The minimum Gasteiger partial charge on any atom is -0.453 e. The zero-order chi connectivity index (χ0) is 24.4. The molecule has 32 heavy (non-hydrogen) atoms. The molecule has 0 spiro atoms. The van der Waals surface area contributed by atoms with Crippen molar-refractivity contribution in [3.63, 3.8) is 0 Å². The van der Waals surface area contributed by atoms with Crippen LogP contribution in [-0.4, -0.2) is 28.4 Å². The van der Waals surface area contributed by atoms with Crippen molar-refractivity contribution in [3.05, 3.63) is 39.6 Å². The number of benzene rings is 1. The average Bonchev–Trinajstić information content (AvgIpc) is 2.59. The summed E-state index contributed by atoms with van der Waals surface area (Å²) >= 11 is 1.77. The number of hydrogen-bond acceptors (Lipinski definition) is 7. The first-order valence-corrected chi connectivity index (χ1v) is 10.5. The SMILES string of the molecule is CC(C)(C)OC(=O)N(C(=O)OC(C)(C)C)c1nccc(Oc2cc(F)c(N)cc2F)c1I. The molecule has 8 nitrogen and oxygen atoms in total. The number of aromatic nitrogens is 1. The Hall–Kier alpha value is -2.70. The van der Waals surface area contributed by atoms with Crippen LogP contribution in [0, 0.1) is 15.2 Å². The fraction of sp³-hybridized carbons (Fsp3) is 0.381. The lowest BCUT2D eigenvalue weighted by Gasteiger charge is -2.28. The predicted octanol–water partition coefficient (Wildman–Crippen LogP) is 6.02. The predicted molar refractivity (Wildman–Crippen MR) is 123 cm³/mol. The lowest BCUT2D eigenvalue weighted by molar-refractivity contribution is 0.0428. The zero-order valence-electron chi connectivity index (χ0n) is 18.5. The van der Waals surface area contributed by atoms with Gasteiger partial charge in [0.15, 0.2) is 17.4 Å². The molecule has 0 aliphatic rings. The lowest BCUT2D eigenvalue weighted by Crippen LogP contribution is -2.44. The molecular formula is C21H24F2IN3O5. The van der Waals surface area contributed by atoms with E-state index >= 15 is 0 Å². The summed E-state index contributed by atoms with van der Waals surface area (Å²) in [7, 11) is 0. The van der Waals surface area contributed by atoms with E-state index in [-0.39, 0.29) is 20.8 Å². The van der Waals surface area contributed by atoms with Crippen molar-refractivity contribution in [1.82, 2.24) is 4.98 Å².